The van der Waals surface area contributed by atoms with Crippen molar-refractivity contribution in [1.82, 2.24) is 9.71 Å². The van der Waals surface area contributed by atoms with Crippen LogP contribution in [-0.2, 0) is 16.4 Å². The van der Waals surface area contributed by atoms with Crippen LogP contribution < -0.4 is 4.72 Å². The Kier molecular flexibility index (Phi) is 4.96. The molecule has 0 unspecified atom stereocenters. The van der Waals surface area contributed by atoms with E-state index in [-0.39, 0.29) is 22.0 Å². The number of rotatable bonds is 5. The molecule has 0 saturated carbocycles. The molecule has 1 heterocycles. The summed E-state index contributed by atoms with van der Waals surface area (Å²) in [6, 6.07) is 5.91. The second-order valence-electron chi connectivity index (χ2n) is 4.26. The Balaban J connectivity index is 2.05. The average molecular weight is 342 g/mol. The molecule has 1 N–H and O–H groups in total. The van der Waals surface area contributed by atoms with Crippen LogP contribution in [0.3, 0.4) is 0 Å². The van der Waals surface area contributed by atoms with Gasteiger partial charge in [-0.2, -0.15) is 5.26 Å². The van der Waals surface area contributed by atoms with Crippen molar-refractivity contribution in [1.29, 1.82) is 5.26 Å². The molecule has 0 aliphatic heterocycles. The Labute approximate surface area is 132 Å². The van der Waals surface area contributed by atoms with Crippen molar-refractivity contribution in [3.8, 4) is 6.07 Å². The predicted octanol–water partition coefficient (Wildman–Crippen LogP) is 2.50. The first-order valence-electron chi connectivity index (χ1n) is 6.03. The Morgan fingerprint density at radius 3 is 2.81 bits per heavy atom. The number of aryl methyl sites for hydroxylation is 1. The number of nitrogens with one attached hydrogen (secondary N) is 1. The number of aromatic nitrogens is 1. The third kappa shape index (κ3) is 4.02. The first-order valence-corrected chi connectivity index (χ1v) is 8.77. The molecular weight excluding hydrogens is 330 g/mol. The van der Waals surface area contributed by atoms with Gasteiger partial charge < -0.3 is 0 Å². The lowest BCUT2D eigenvalue weighted by molar-refractivity contribution is 0.581. The van der Waals surface area contributed by atoms with E-state index < -0.39 is 10.0 Å². The van der Waals surface area contributed by atoms with Gasteiger partial charge in [-0.15, -0.1) is 11.3 Å². The molecule has 2 aromatic rings. The number of benzene rings is 1. The van der Waals surface area contributed by atoms with Crippen molar-refractivity contribution in [2.24, 2.45) is 0 Å². The fourth-order valence-corrected chi connectivity index (χ4v) is 3.67. The van der Waals surface area contributed by atoms with Crippen LogP contribution in [0.25, 0.3) is 0 Å². The molecule has 1 aromatic carbocycles. The van der Waals surface area contributed by atoms with Crippen LogP contribution in [0.2, 0.25) is 5.02 Å². The van der Waals surface area contributed by atoms with Crippen molar-refractivity contribution in [2.75, 3.05) is 6.54 Å². The van der Waals surface area contributed by atoms with Crippen molar-refractivity contribution in [2.45, 2.75) is 18.2 Å². The van der Waals surface area contributed by atoms with Crippen molar-refractivity contribution in [3.63, 3.8) is 0 Å². The third-order valence-electron chi connectivity index (χ3n) is 2.71. The van der Waals surface area contributed by atoms with Gasteiger partial charge in [0.15, 0.2) is 0 Å². The molecule has 2 rings (SSSR count). The number of sulfonamides is 1. The molecule has 8 heteroatoms. The molecule has 0 saturated heterocycles. The second-order valence-corrected chi connectivity index (χ2v) is 7.50. The van der Waals surface area contributed by atoms with Crippen molar-refractivity contribution >= 4 is 33.0 Å². The molecule has 0 aliphatic rings. The normalized spacial score (nSPS) is 11.3. The monoisotopic (exact) mass is 341 g/mol. The highest BCUT2D eigenvalue weighted by Gasteiger charge is 2.15. The van der Waals surface area contributed by atoms with Crippen LogP contribution in [0.5, 0.6) is 0 Å². The number of hydrogen-bond donors (Lipinski definition) is 1. The van der Waals surface area contributed by atoms with Crippen LogP contribution in [-0.4, -0.2) is 19.9 Å². The molecule has 0 aliphatic carbocycles. The quantitative estimate of drug-likeness (QED) is 0.905. The average Bonchev–Trinajstić information content (AvgIpc) is 2.84. The fraction of sp³-hybridized carbons (Fsp3) is 0.231. The van der Waals surface area contributed by atoms with Crippen LogP contribution in [0.1, 0.15) is 16.3 Å². The van der Waals surface area contributed by atoms with Gasteiger partial charge in [0.05, 0.1) is 26.2 Å². The first-order chi connectivity index (χ1) is 9.92. The molecule has 0 bridgehead atoms. The van der Waals surface area contributed by atoms with Gasteiger partial charge in [-0.05, 0) is 25.1 Å². The summed E-state index contributed by atoms with van der Waals surface area (Å²) < 4.78 is 26.7. The molecule has 5 nitrogen and oxygen atoms in total. The standard InChI is InChI=1S/C13H12ClN3O2S2/c1-9-17-11(8-20-9)4-5-16-21(18,19)12-3-2-10(7-15)13(14)6-12/h2-3,6,8,16H,4-5H2,1H3. The molecule has 0 spiro atoms. The number of nitrogens with zero attached hydrogens (tertiary/aromatic N) is 2. The lowest BCUT2D eigenvalue weighted by Gasteiger charge is -2.06. The molecule has 0 atom stereocenters. The van der Waals surface area contributed by atoms with Crippen molar-refractivity contribution < 1.29 is 8.42 Å². The zero-order valence-corrected chi connectivity index (χ0v) is 13.5. The third-order valence-corrected chi connectivity index (χ3v) is 5.30. The van der Waals surface area contributed by atoms with Gasteiger partial charge >= 0.3 is 0 Å². The van der Waals surface area contributed by atoms with Crippen LogP contribution in [0, 0.1) is 18.3 Å². The van der Waals surface area contributed by atoms with E-state index in [0.29, 0.717) is 6.42 Å². The van der Waals surface area contributed by atoms with Crippen LogP contribution in [0.15, 0.2) is 28.5 Å². The van der Waals surface area contributed by atoms with E-state index in [1.54, 1.807) is 0 Å². The summed E-state index contributed by atoms with van der Waals surface area (Å²) in [5.74, 6) is 0. The summed E-state index contributed by atoms with van der Waals surface area (Å²) in [7, 11) is -3.64. The zero-order chi connectivity index (χ0) is 15.5. The number of nitriles is 1. The van der Waals surface area contributed by atoms with Crippen LogP contribution in [0.4, 0.5) is 0 Å². The molecule has 0 fully saturated rings. The van der Waals surface area contributed by atoms with Gasteiger partial charge in [-0.1, -0.05) is 11.6 Å². The van der Waals surface area contributed by atoms with E-state index in [2.05, 4.69) is 9.71 Å². The Bertz CT molecular complexity index is 794. The van der Waals surface area contributed by atoms with E-state index in [1.165, 1.54) is 29.5 Å². The number of halogens is 1. The number of hydrogen-bond acceptors (Lipinski definition) is 5. The highest BCUT2D eigenvalue weighted by molar-refractivity contribution is 7.89. The minimum Gasteiger partial charge on any atom is -0.247 e. The molecule has 110 valence electrons. The summed E-state index contributed by atoms with van der Waals surface area (Å²) in [5.41, 5.74) is 1.10. The first kappa shape index (κ1) is 15.9. The molecular formula is C13H12ClN3O2S2. The summed E-state index contributed by atoms with van der Waals surface area (Å²) in [6.07, 6.45) is 0.521. The molecule has 0 radical (unpaired) electrons. The van der Waals surface area contributed by atoms with Crippen LogP contribution >= 0.6 is 22.9 Å². The lowest BCUT2D eigenvalue weighted by Crippen LogP contribution is -2.26. The van der Waals surface area contributed by atoms with Gasteiger partial charge in [0.25, 0.3) is 0 Å². The molecule has 21 heavy (non-hydrogen) atoms. The molecule has 0 amide bonds. The smallest absolute Gasteiger partial charge is 0.240 e. The van der Waals surface area contributed by atoms with E-state index >= 15 is 0 Å². The lowest BCUT2D eigenvalue weighted by atomic mass is 10.2. The van der Waals surface area contributed by atoms with E-state index in [1.807, 2.05) is 18.4 Å². The minimum absolute atomic E-state index is 0.0426. The molecule has 1 aromatic heterocycles. The maximum Gasteiger partial charge on any atom is 0.240 e. The largest absolute Gasteiger partial charge is 0.247 e. The maximum atomic E-state index is 12.1. The summed E-state index contributed by atoms with van der Waals surface area (Å²) in [6.45, 7) is 2.15. The highest BCUT2D eigenvalue weighted by atomic mass is 35.5. The highest BCUT2D eigenvalue weighted by Crippen LogP contribution is 2.20. The second kappa shape index (κ2) is 6.54. The van der Waals surface area contributed by atoms with Gasteiger partial charge in [-0.25, -0.2) is 18.1 Å². The number of thiazole rings is 1. The van der Waals surface area contributed by atoms with Gasteiger partial charge in [-0.3, -0.25) is 0 Å². The minimum atomic E-state index is -3.64. The van der Waals surface area contributed by atoms with Gasteiger partial charge in [0, 0.05) is 18.3 Å². The maximum absolute atomic E-state index is 12.1. The Hall–Kier alpha value is -1.46. The van der Waals surface area contributed by atoms with E-state index in [0.717, 1.165) is 10.7 Å². The van der Waals surface area contributed by atoms with Crippen molar-refractivity contribution in [3.05, 3.63) is 44.9 Å². The SMILES string of the molecule is Cc1nc(CCNS(=O)(=O)c2ccc(C#N)c(Cl)c2)cs1. The summed E-state index contributed by atoms with van der Waals surface area (Å²) >= 11 is 7.37. The summed E-state index contributed by atoms with van der Waals surface area (Å²) in [5, 5.41) is 11.8. The fourth-order valence-electron chi connectivity index (χ4n) is 1.67. The Morgan fingerprint density at radius 1 is 1.48 bits per heavy atom. The predicted molar refractivity (Wildman–Crippen MR) is 81.9 cm³/mol. The van der Waals surface area contributed by atoms with Gasteiger partial charge in [0.2, 0.25) is 10.0 Å². The van der Waals surface area contributed by atoms with Gasteiger partial charge in [0.1, 0.15) is 6.07 Å². The zero-order valence-electron chi connectivity index (χ0n) is 11.1. The van der Waals surface area contributed by atoms with E-state index in [4.69, 9.17) is 16.9 Å². The van der Waals surface area contributed by atoms with E-state index in [9.17, 15) is 8.42 Å². The Morgan fingerprint density at radius 2 is 2.24 bits per heavy atom. The summed E-state index contributed by atoms with van der Waals surface area (Å²) in [4.78, 5) is 4.31. The topological polar surface area (TPSA) is 82.8 Å².